The number of rotatable bonds is 9. The molecule has 122 valence electrons. The summed E-state index contributed by atoms with van der Waals surface area (Å²) in [6.45, 7) is 2.97. The Morgan fingerprint density at radius 3 is 2.35 bits per heavy atom. The molecule has 0 N–H and O–H groups in total. The summed E-state index contributed by atoms with van der Waals surface area (Å²) in [7, 11) is 1.61. The molecule has 4 heteroatoms. The zero-order valence-corrected chi connectivity index (χ0v) is 13.5. The summed E-state index contributed by atoms with van der Waals surface area (Å²) >= 11 is 0. The molecule has 0 aliphatic carbocycles. The molecule has 0 saturated heterocycles. The van der Waals surface area contributed by atoms with Crippen LogP contribution >= 0.6 is 0 Å². The van der Waals surface area contributed by atoms with E-state index in [1.54, 1.807) is 19.2 Å². The molecule has 4 nitrogen and oxygen atoms in total. The largest absolute Gasteiger partial charge is 0.382 e. The summed E-state index contributed by atoms with van der Waals surface area (Å²) in [5.74, 6) is -0.0789. The van der Waals surface area contributed by atoms with E-state index in [4.69, 9.17) is 14.2 Å². The van der Waals surface area contributed by atoms with Gasteiger partial charge < -0.3 is 14.2 Å². The van der Waals surface area contributed by atoms with Crippen molar-refractivity contribution in [2.45, 2.75) is 13.0 Å². The summed E-state index contributed by atoms with van der Waals surface area (Å²) in [6, 6.07) is 16.9. The van der Waals surface area contributed by atoms with Gasteiger partial charge in [0.15, 0.2) is 5.78 Å². The van der Waals surface area contributed by atoms with E-state index in [2.05, 4.69) is 0 Å². The second kappa shape index (κ2) is 9.20. The van der Waals surface area contributed by atoms with Gasteiger partial charge in [0, 0.05) is 12.7 Å². The molecule has 0 spiro atoms. The minimum atomic E-state index is -0.680. The van der Waals surface area contributed by atoms with Gasteiger partial charge in [-0.3, -0.25) is 4.79 Å². The van der Waals surface area contributed by atoms with Crippen molar-refractivity contribution in [1.29, 1.82) is 0 Å². The maximum Gasteiger partial charge on any atom is 0.196 e. The first kappa shape index (κ1) is 17.3. The molecule has 1 atom stereocenters. The first-order chi connectivity index (χ1) is 11.2. The number of ether oxygens (including phenoxy) is 3. The first-order valence-corrected chi connectivity index (χ1v) is 7.56. The molecule has 0 saturated carbocycles. The molecule has 0 bridgehead atoms. The normalized spacial score (nSPS) is 12.1. The lowest BCUT2D eigenvalue weighted by Gasteiger charge is -2.17. The van der Waals surface area contributed by atoms with Gasteiger partial charge in [0.25, 0.3) is 0 Å². The Kier molecular flexibility index (Phi) is 6.94. The molecule has 2 aromatic carbocycles. The quantitative estimate of drug-likeness (QED) is 0.403. The highest BCUT2D eigenvalue weighted by Gasteiger charge is 2.22. The molecule has 2 aromatic rings. The topological polar surface area (TPSA) is 44.8 Å². The molecule has 0 amide bonds. The number of carbonyl (C=O) groups is 1. The molecule has 2 rings (SSSR count). The monoisotopic (exact) mass is 314 g/mol. The molecule has 0 aliphatic heterocycles. The van der Waals surface area contributed by atoms with Gasteiger partial charge in [-0.15, -0.1) is 0 Å². The van der Waals surface area contributed by atoms with E-state index in [0.29, 0.717) is 18.8 Å². The van der Waals surface area contributed by atoms with E-state index in [1.807, 2.05) is 49.4 Å². The van der Waals surface area contributed by atoms with Gasteiger partial charge in [-0.1, -0.05) is 60.2 Å². The number of benzene rings is 2. The van der Waals surface area contributed by atoms with Crippen molar-refractivity contribution in [3.05, 3.63) is 71.3 Å². The van der Waals surface area contributed by atoms with Crippen molar-refractivity contribution >= 4 is 5.78 Å². The van der Waals surface area contributed by atoms with Gasteiger partial charge in [-0.25, -0.2) is 0 Å². The minimum absolute atomic E-state index is 0.0421. The van der Waals surface area contributed by atoms with Crippen LogP contribution in [0.15, 0.2) is 54.6 Å². The van der Waals surface area contributed by atoms with E-state index < -0.39 is 6.10 Å². The third kappa shape index (κ3) is 5.28. The lowest BCUT2D eigenvalue weighted by molar-refractivity contribution is -0.0881. The second-order valence-electron chi connectivity index (χ2n) is 5.21. The van der Waals surface area contributed by atoms with Gasteiger partial charge >= 0.3 is 0 Å². The van der Waals surface area contributed by atoms with E-state index in [1.165, 1.54) is 0 Å². The van der Waals surface area contributed by atoms with Gasteiger partial charge in [0.05, 0.1) is 13.2 Å². The predicted molar refractivity (Wildman–Crippen MR) is 88.5 cm³/mol. The summed E-state index contributed by atoms with van der Waals surface area (Å²) in [5, 5.41) is 0. The van der Waals surface area contributed by atoms with E-state index >= 15 is 0 Å². The molecule has 23 heavy (non-hydrogen) atoms. The van der Waals surface area contributed by atoms with Crippen molar-refractivity contribution in [2.24, 2.45) is 0 Å². The molecular formula is C19H22O4. The van der Waals surface area contributed by atoms with Crippen LogP contribution in [0.5, 0.6) is 0 Å². The SMILES string of the molecule is COCCOCO[C@H](C(=O)c1ccccc1)c1ccc(C)cc1. The van der Waals surface area contributed by atoms with E-state index in [0.717, 1.165) is 11.1 Å². The number of hydrogen-bond donors (Lipinski definition) is 0. The van der Waals surface area contributed by atoms with E-state index in [9.17, 15) is 4.79 Å². The maximum atomic E-state index is 12.7. The number of ketones is 1. The summed E-state index contributed by atoms with van der Waals surface area (Å²) < 4.78 is 16.0. The summed E-state index contributed by atoms with van der Waals surface area (Å²) in [5.41, 5.74) is 2.57. The van der Waals surface area contributed by atoms with Crippen LogP contribution in [-0.2, 0) is 14.2 Å². The molecular weight excluding hydrogens is 292 g/mol. The number of methoxy groups -OCH3 is 1. The fourth-order valence-corrected chi connectivity index (χ4v) is 2.14. The number of hydrogen-bond acceptors (Lipinski definition) is 4. The van der Waals surface area contributed by atoms with Crippen LogP contribution < -0.4 is 0 Å². The number of carbonyl (C=O) groups excluding carboxylic acids is 1. The average molecular weight is 314 g/mol. The standard InChI is InChI=1S/C19H22O4/c1-15-8-10-17(11-9-15)19(23-14-22-13-12-21-2)18(20)16-6-4-3-5-7-16/h3-11,19H,12-14H2,1-2H3/t19-/m0/s1. The van der Waals surface area contributed by atoms with Gasteiger partial charge in [0.2, 0.25) is 0 Å². The smallest absolute Gasteiger partial charge is 0.196 e. The van der Waals surface area contributed by atoms with Crippen LogP contribution in [0, 0.1) is 6.92 Å². The van der Waals surface area contributed by atoms with Gasteiger partial charge in [-0.05, 0) is 12.5 Å². The molecule has 0 unspecified atom stereocenters. The Balaban J connectivity index is 2.11. The van der Waals surface area contributed by atoms with Crippen LogP contribution in [0.25, 0.3) is 0 Å². The highest BCUT2D eigenvalue weighted by atomic mass is 16.7. The van der Waals surface area contributed by atoms with Crippen LogP contribution in [0.3, 0.4) is 0 Å². The fourth-order valence-electron chi connectivity index (χ4n) is 2.14. The van der Waals surface area contributed by atoms with Crippen molar-refractivity contribution < 1.29 is 19.0 Å². The molecule has 0 aliphatic rings. The Morgan fingerprint density at radius 1 is 1.00 bits per heavy atom. The van der Waals surface area contributed by atoms with Crippen LogP contribution in [0.1, 0.15) is 27.6 Å². The molecule has 0 radical (unpaired) electrons. The zero-order valence-electron chi connectivity index (χ0n) is 13.5. The van der Waals surface area contributed by atoms with E-state index in [-0.39, 0.29) is 12.6 Å². The van der Waals surface area contributed by atoms with Crippen LogP contribution in [0.2, 0.25) is 0 Å². The fraction of sp³-hybridized carbons (Fsp3) is 0.316. The van der Waals surface area contributed by atoms with Gasteiger partial charge in [-0.2, -0.15) is 0 Å². The van der Waals surface area contributed by atoms with Crippen molar-refractivity contribution in [3.63, 3.8) is 0 Å². The first-order valence-electron chi connectivity index (χ1n) is 7.56. The van der Waals surface area contributed by atoms with Gasteiger partial charge in [0.1, 0.15) is 12.9 Å². The zero-order chi connectivity index (χ0) is 16.5. The van der Waals surface area contributed by atoms with Crippen molar-refractivity contribution in [3.8, 4) is 0 Å². The molecule has 0 aromatic heterocycles. The molecule has 0 fully saturated rings. The van der Waals surface area contributed by atoms with Crippen molar-refractivity contribution in [2.75, 3.05) is 27.1 Å². The van der Waals surface area contributed by atoms with Crippen molar-refractivity contribution in [1.82, 2.24) is 0 Å². The Hall–Kier alpha value is -2.01. The molecule has 0 heterocycles. The third-order valence-electron chi connectivity index (χ3n) is 3.43. The highest BCUT2D eigenvalue weighted by Crippen LogP contribution is 2.23. The number of Topliss-reactive ketones (excluding diaryl/α,β-unsaturated/α-hetero) is 1. The summed E-state index contributed by atoms with van der Waals surface area (Å²) in [4.78, 5) is 12.7. The van der Waals surface area contributed by atoms with Crippen LogP contribution in [0.4, 0.5) is 0 Å². The maximum absolute atomic E-state index is 12.7. The Labute approximate surface area is 137 Å². The second-order valence-corrected chi connectivity index (χ2v) is 5.21. The average Bonchev–Trinajstić information content (AvgIpc) is 2.59. The summed E-state index contributed by atoms with van der Waals surface area (Å²) in [6.07, 6.45) is -0.680. The van der Waals surface area contributed by atoms with Crippen LogP contribution in [-0.4, -0.2) is 32.9 Å². The highest BCUT2D eigenvalue weighted by molar-refractivity contribution is 6.00. The third-order valence-corrected chi connectivity index (χ3v) is 3.43. The lowest BCUT2D eigenvalue weighted by Crippen LogP contribution is -2.18. The lowest BCUT2D eigenvalue weighted by atomic mass is 9.99. The number of aryl methyl sites for hydroxylation is 1. The predicted octanol–water partition coefficient (Wildman–Crippen LogP) is 3.56. The minimum Gasteiger partial charge on any atom is -0.382 e. The Bertz CT molecular complexity index is 593. The Morgan fingerprint density at radius 2 is 1.70 bits per heavy atom.